The standard InChI is InChI=1S/C17H26BrNO2/c1-3-21-17-13(10-14(18)11-16(17)20-2)12-19-15-8-6-4-5-7-9-15/h10-11,15,19H,3-9,12H2,1-2H3. The topological polar surface area (TPSA) is 30.5 Å². The maximum absolute atomic E-state index is 5.79. The molecule has 0 atom stereocenters. The molecule has 1 saturated carbocycles. The van der Waals surface area contributed by atoms with Gasteiger partial charge in [0.2, 0.25) is 0 Å². The number of ether oxygens (including phenoxy) is 2. The summed E-state index contributed by atoms with van der Waals surface area (Å²) in [5.74, 6) is 1.66. The number of hydrogen-bond acceptors (Lipinski definition) is 3. The lowest BCUT2D eigenvalue weighted by atomic mass is 10.1. The molecule has 0 aromatic heterocycles. The van der Waals surface area contributed by atoms with Crippen LogP contribution in [0.3, 0.4) is 0 Å². The zero-order valence-electron chi connectivity index (χ0n) is 13.1. The third-order valence-corrected chi connectivity index (χ3v) is 4.50. The van der Waals surface area contributed by atoms with Crippen LogP contribution >= 0.6 is 15.9 Å². The fourth-order valence-electron chi connectivity index (χ4n) is 2.95. The van der Waals surface area contributed by atoms with E-state index in [9.17, 15) is 0 Å². The van der Waals surface area contributed by atoms with Crippen molar-refractivity contribution in [1.29, 1.82) is 0 Å². The van der Waals surface area contributed by atoms with Gasteiger partial charge in [-0.05, 0) is 31.9 Å². The third kappa shape index (κ3) is 4.89. The van der Waals surface area contributed by atoms with Crippen molar-refractivity contribution in [3.05, 3.63) is 22.2 Å². The van der Waals surface area contributed by atoms with E-state index < -0.39 is 0 Å². The van der Waals surface area contributed by atoms with Gasteiger partial charge in [-0.1, -0.05) is 41.6 Å². The number of methoxy groups -OCH3 is 1. The number of nitrogens with one attached hydrogen (secondary N) is 1. The van der Waals surface area contributed by atoms with Crippen LogP contribution in [0.1, 0.15) is 51.0 Å². The van der Waals surface area contributed by atoms with Crippen LogP contribution in [0.15, 0.2) is 16.6 Å². The highest BCUT2D eigenvalue weighted by molar-refractivity contribution is 9.10. The highest BCUT2D eigenvalue weighted by atomic mass is 79.9. The molecule has 1 fully saturated rings. The van der Waals surface area contributed by atoms with Gasteiger partial charge in [0.1, 0.15) is 0 Å². The molecule has 1 N–H and O–H groups in total. The van der Waals surface area contributed by atoms with Crippen LogP contribution in [0.5, 0.6) is 11.5 Å². The highest BCUT2D eigenvalue weighted by Crippen LogP contribution is 2.35. The quantitative estimate of drug-likeness (QED) is 0.752. The second kappa shape index (κ2) is 8.64. The van der Waals surface area contributed by atoms with Crippen molar-refractivity contribution >= 4 is 15.9 Å². The Morgan fingerprint density at radius 2 is 1.90 bits per heavy atom. The molecule has 1 aromatic rings. The summed E-state index contributed by atoms with van der Waals surface area (Å²) in [5, 5.41) is 3.70. The molecule has 1 aliphatic carbocycles. The molecule has 0 heterocycles. The second-order valence-corrected chi connectivity index (χ2v) is 6.51. The van der Waals surface area contributed by atoms with Gasteiger partial charge in [0.05, 0.1) is 13.7 Å². The largest absolute Gasteiger partial charge is 0.493 e. The fraction of sp³-hybridized carbons (Fsp3) is 0.647. The van der Waals surface area contributed by atoms with Gasteiger partial charge >= 0.3 is 0 Å². The average molecular weight is 356 g/mol. The van der Waals surface area contributed by atoms with E-state index in [-0.39, 0.29) is 0 Å². The Kier molecular flexibility index (Phi) is 6.84. The second-order valence-electron chi connectivity index (χ2n) is 5.60. The predicted molar refractivity (Wildman–Crippen MR) is 90.2 cm³/mol. The van der Waals surface area contributed by atoms with Crippen molar-refractivity contribution in [3.8, 4) is 11.5 Å². The molecule has 21 heavy (non-hydrogen) atoms. The predicted octanol–water partition coefficient (Wildman–Crippen LogP) is 4.67. The number of hydrogen-bond donors (Lipinski definition) is 1. The SMILES string of the molecule is CCOc1c(CNC2CCCCCC2)cc(Br)cc1OC. The van der Waals surface area contributed by atoms with Crippen molar-refractivity contribution in [3.63, 3.8) is 0 Å². The molecule has 118 valence electrons. The monoisotopic (exact) mass is 355 g/mol. The highest BCUT2D eigenvalue weighted by Gasteiger charge is 2.15. The molecule has 2 rings (SSSR count). The first-order valence-electron chi connectivity index (χ1n) is 7.97. The Hall–Kier alpha value is -0.740. The average Bonchev–Trinajstić information content (AvgIpc) is 2.75. The minimum Gasteiger partial charge on any atom is -0.493 e. The summed E-state index contributed by atoms with van der Waals surface area (Å²) in [7, 11) is 1.69. The lowest BCUT2D eigenvalue weighted by Crippen LogP contribution is -2.28. The van der Waals surface area contributed by atoms with Gasteiger partial charge < -0.3 is 14.8 Å². The Bertz CT molecular complexity index is 443. The summed E-state index contributed by atoms with van der Waals surface area (Å²) in [6.07, 6.45) is 8.03. The summed E-state index contributed by atoms with van der Waals surface area (Å²) < 4.78 is 12.3. The van der Waals surface area contributed by atoms with E-state index in [2.05, 4.69) is 27.3 Å². The summed E-state index contributed by atoms with van der Waals surface area (Å²) in [4.78, 5) is 0. The summed E-state index contributed by atoms with van der Waals surface area (Å²) >= 11 is 3.55. The van der Waals surface area contributed by atoms with Crippen LogP contribution < -0.4 is 14.8 Å². The zero-order chi connectivity index (χ0) is 15.1. The smallest absolute Gasteiger partial charge is 0.165 e. The summed E-state index contributed by atoms with van der Waals surface area (Å²) in [5.41, 5.74) is 1.16. The molecule has 4 heteroatoms. The Balaban J connectivity index is 2.08. The summed E-state index contributed by atoms with van der Waals surface area (Å²) in [6.45, 7) is 3.48. The van der Waals surface area contributed by atoms with Crippen LogP contribution in [0.4, 0.5) is 0 Å². The first kappa shape index (κ1) is 16.6. The van der Waals surface area contributed by atoms with Crippen molar-refractivity contribution in [2.75, 3.05) is 13.7 Å². The maximum Gasteiger partial charge on any atom is 0.165 e. The molecule has 3 nitrogen and oxygen atoms in total. The fourth-order valence-corrected chi connectivity index (χ4v) is 3.44. The van der Waals surface area contributed by atoms with Crippen LogP contribution in [0.2, 0.25) is 0 Å². The Morgan fingerprint density at radius 3 is 2.52 bits per heavy atom. The molecule has 1 aromatic carbocycles. The zero-order valence-corrected chi connectivity index (χ0v) is 14.7. The van der Waals surface area contributed by atoms with Gasteiger partial charge in [0.15, 0.2) is 11.5 Å². The van der Waals surface area contributed by atoms with Crippen molar-refractivity contribution in [1.82, 2.24) is 5.32 Å². The van der Waals surface area contributed by atoms with E-state index in [1.807, 2.05) is 13.0 Å². The normalized spacial score (nSPS) is 16.5. The van der Waals surface area contributed by atoms with Gasteiger partial charge in [0, 0.05) is 22.6 Å². The molecule has 0 aliphatic heterocycles. The van der Waals surface area contributed by atoms with E-state index >= 15 is 0 Å². The molecule has 0 unspecified atom stereocenters. The molecule has 0 bridgehead atoms. The maximum atomic E-state index is 5.79. The number of benzene rings is 1. The first-order chi connectivity index (χ1) is 10.2. The van der Waals surface area contributed by atoms with Crippen LogP contribution in [0, 0.1) is 0 Å². The van der Waals surface area contributed by atoms with Gasteiger partial charge in [-0.3, -0.25) is 0 Å². The Morgan fingerprint density at radius 1 is 1.19 bits per heavy atom. The van der Waals surface area contributed by atoms with Crippen LogP contribution in [-0.2, 0) is 6.54 Å². The molecular weight excluding hydrogens is 330 g/mol. The molecule has 0 spiro atoms. The van der Waals surface area contributed by atoms with Crippen LogP contribution in [-0.4, -0.2) is 19.8 Å². The number of rotatable bonds is 6. The molecule has 0 saturated heterocycles. The van der Waals surface area contributed by atoms with E-state index in [1.165, 1.54) is 38.5 Å². The first-order valence-corrected chi connectivity index (χ1v) is 8.76. The van der Waals surface area contributed by atoms with Crippen molar-refractivity contribution in [2.24, 2.45) is 0 Å². The molecule has 0 amide bonds. The lowest BCUT2D eigenvalue weighted by molar-refractivity contribution is 0.305. The van der Waals surface area contributed by atoms with Gasteiger partial charge in [0.25, 0.3) is 0 Å². The van der Waals surface area contributed by atoms with E-state index in [0.717, 1.165) is 28.1 Å². The lowest BCUT2D eigenvalue weighted by Gasteiger charge is -2.19. The molecular formula is C17H26BrNO2. The minimum atomic E-state index is 0.631. The van der Waals surface area contributed by atoms with Crippen molar-refractivity contribution < 1.29 is 9.47 Å². The van der Waals surface area contributed by atoms with E-state index in [1.54, 1.807) is 7.11 Å². The van der Waals surface area contributed by atoms with Crippen molar-refractivity contribution in [2.45, 2.75) is 58.0 Å². The van der Waals surface area contributed by atoms with Gasteiger partial charge in [-0.25, -0.2) is 0 Å². The minimum absolute atomic E-state index is 0.631. The summed E-state index contributed by atoms with van der Waals surface area (Å²) in [6, 6.07) is 4.71. The molecule has 0 radical (unpaired) electrons. The van der Waals surface area contributed by atoms with E-state index in [0.29, 0.717) is 12.6 Å². The van der Waals surface area contributed by atoms with Gasteiger partial charge in [-0.15, -0.1) is 0 Å². The van der Waals surface area contributed by atoms with E-state index in [4.69, 9.17) is 9.47 Å². The third-order valence-electron chi connectivity index (χ3n) is 4.04. The van der Waals surface area contributed by atoms with Gasteiger partial charge in [-0.2, -0.15) is 0 Å². The molecule has 1 aliphatic rings. The van der Waals surface area contributed by atoms with Crippen LogP contribution in [0.25, 0.3) is 0 Å². The Labute approximate surface area is 136 Å². The number of halogens is 1.